The summed E-state index contributed by atoms with van der Waals surface area (Å²) in [5.41, 5.74) is 8.16. The van der Waals surface area contributed by atoms with Gasteiger partial charge in [0.2, 0.25) is 0 Å². The van der Waals surface area contributed by atoms with Crippen molar-refractivity contribution in [3.05, 3.63) is 60.2 Å². The number of nitrogens with zero attached hydrogens (tertiary/aromatic N) is 3. The molecule has 3 rings (SSSR count). The average Bonchev–Trinajstić information content (AvgIpc) is 2.62. The molecule has 2 N–H and O–H groups in total. The van der Waals surface area contributed by atoms with E-state index in [4.69, 9.17) is 5.73 Å². The summed E-state index contributed by atoms with van der Waals surface area (Å²) < 4.78 is 0. The lowest BCUT2D eigenvalue weighted by atomic mass is 10.1. The summed E-state index contributed by atoms with van der Waals surface area (Å²) in [6.45, 7) is 3.71. The number of anilines is 2. The highest BCUT2D eigenvalue weighted by Crippen LogP contribution is 2.22. The molecule has 0 aliphatic carbocycles. The van der Waals surface area contributed by atoms with Gasteiger partial charge in [-0.25, -0.2) is 5.01 Å². The number of rotatable bonds is 4. The topological polar surface area (TPSA) is 52.8 Å². The zero-order valence-electron chi connectivity index (χ0n) is 13.4. The van der Waals surface area contributed by atoms with Crippen molar-refractivity contribution in [2.24, 2.45) is 5.73 Å². The van der Waals surface area contributed by atoms with Gasteiger partial charge in [0, 0.05) is 38.9 Å². The van der Waals surface area contributed by atoms with E-state index in [9.17, 15) is 4.79 Å². The quantitative estimate of drug-likeness (QED) is 0.938. The smallest absolute Gasteiger partial charge is 0.250 e. The highest BCUT2D eigenvalue weighted by Gasteiger charge is 2.22. The van der Waals surface area contributed by atoms with Crippen LogP contribution in [0.25, 0.3) is 0 Å². The molecule has 0 saturated carbocycles. The van der Waals surface area contributed by atoms with Crippen LogP contribution in [0.5, 0.6) is 0 Å². The van der Waals surface area contributed by atoms with Gasteiger partial charge in [0.15, 0.2) is 0 Å². The molecular formula is C18H22N4O. The standard InChI is InChI=1S/C18H22N4O/c1-20(17-10-6-5-9-16(17)18(19)23)22-13-11-21(12-14-22)15-7-3-2-4-8-15/h2-10H,11-14H2,1H3,(H2,19,23). The Kier molecular flexibility index (Phi) is 4.48. The molecule has 1 amide bonds. The second kappa shape index (κ2) is 6.71. The predicted octanol–water partition coefficient (Wildman–Crippen LogP) is 1.96. The van der Waals surface area contributed by atoms with E-state index in [1.165, 1.54) is 5.69 Å². The number of benzene rings is 2. The lowest BCUT2D eigenvalue weighted by Crippen LogP contribution is -2.53. The normalized spacial score (nSPS) is 15.4. The maximum absolute atomic E-state index is 11.6. The third-order valence-corrected chi connectivity index (χ3v) is 4.32. The molecule has 0 spiro atoms. The number of hydrogen-bond acceptors (Lipinski definition) is 4. The van der Waals surface area contributed by atoms with Crippen LogP contribution in [0.15, 0.2) is 54.6 Å². The number of carbonyl (C=O) groups is 1. The molecule has 0 aromatic heterocycles. The summed E-state index contributed by atoms with van der Waals surface area (Å²) in [6, 6.07) is 17.9. The maximum atomic E-state index is 11.6. The Morgan fingerprint density at radius 3 is 2.22 bits per heavy atom. The fourth-order valence-electron chi connectivity index (χ4n) is 3.01. The molecule has 1 fully saturated rings. The molecule has 0 bridgehead atoms. The Morgan fingerprint density at radius 1 is 0.957 bits per heavy atom. The minimum Gasteiger partial charge on any atom is -0.369 e. The maximum Gasteiger partial charge on any atom is 0.250 e. The van der Waals surface area contributed by atoms with Crippen LogP contribution in [-0.4, -0.2) is 44.1 Å². The van der Waals surface area contributed by atoms with Crippen molar-refractivity contribution in [3.63, 3.8) is 0 Å². The van der Waals surface area contributed by atoms with E-state index in [1.54, 1.807) is 6.07 Å². The Labute approximate surface area is 136 Å². The number of amides is 1. The molecule has 1 saturated heterocycles. The van der Waals surface area contributed by atoms with Crippen molar-refractivity contribution in [1.82, 2.24) is 5.01 Å². The minimum absolute atomic E-state index is 0.393. The van der Waals surface area contributed by atoms with Crippen molar-refractivity contribution in [2.75, 3.05) is 43.1 Å². The molecule has 0 unspecified atom stereocenters. The van der Waals surface area contributed by atoms with Crippen LogP contribution in [0.3, 0.4) is 0 Å². The first-order valence-electron chi connectivity index (χ1n) is 7.84. The van der Waals surface area contributed by atoms with E-state index in [1.807, 2.05) is 36.3 Å². The summed E-state index contributed by atoms with van der Waals surface area (Å²) in [5.74, 6) is -0.393. The van der Waals surface area contributed by atoms with Gasteiger partial charge in [-0.15, -0.1) is 0 Å². The SMILES string of the molecule is CN(c1ccccc1C(N)=O)N1CCN(c2ccccc2)CC1. The second-order valence-corrected chi connectivity index (χ2v) is 5.68. The summed E-state index contributed by atoms with van der Waals surface area (Å²) in [6.07, 6.45) is 0. The van der Waals surface area contributed by atoms with Gasteiger partial charge in [-0.05, 0) is 24.3 Å². The first-order valence-corrected chi connectivity index (χ1v) is 7.84. The highest BCUT2D eigenvalue weighted by atomic mass is 16.1. The third kappa shape index (κ3) is 3.29. The molecule has 23 heavy (non-hydrogen) atoms. The largest absolute Gasteiger partial charge is 0.369 e. The van der Waals surface area contributed by atoms with Crippen LogP contribution in [0.2, 0.25) is 0 Å². The lowest BCUT2D eigenvalue weighted by Gasteiger charge is -2.41. The number of piperazine rings is 1. The molecule has 0 radical (unpaired) electrons. The van der Waals surface area contributed by atoms with E-state index in [-0.39, 0.29) is 0 Å². The molecule has 5 nitrogen and oxygen atoms in total. The fraction of sp³-hybridized carbons (Fsp3) is 0.278. The molecular weight excluding hydrogens is 288 g/mol. The van der Waals surface area contributed by atoms with Gasteiger partial charge in [-0.2, -0.15) is 0 Å². The van der Waals surface area contributed by atoms with Crippen LogP contribution < -0.4 is 15.6 Å². The summed E-state index contributed by atoms with van der Waals surface area (Å²) >= 11 is 0. The van der Waals surface area contributed by atoms with Crippen LogP contribution in [-0.2, 0) is 0 Å². The van der Waals surface area contributed by atoms with E-state index in [0.717, 1.165) is 31.9 Å². The van der Waals surface area contributed by atoms with E-state index in [2.05, 4.69) is 34.2 Å². The monoisotopic (exact) mass is 310 g/mol. The zero-order chi connectivity index (χ0) is 16.2. The minimum atomic E-state index is -0.393. The Bertz CT molecular complexity index is 666. The molecule has 1 aliphatic heterocycles. The molecule has 120 valence electrons. The molecule has 0 atom stereocenters. The van der Waals surface area contributed by atoms with Crippen molar-refractivity contribution in [1.29, 1.82) is 0 Å². The number of primary amides is 1. The Balaban J connectivity index is 1.69. The van der Waals surface area contributed by atoms with Crippen LogP contribution in [0.1, 0.15) is 10.4 Å². The van der Waals surface area contributed by atoms with Crippen LogP contribution in [0, 0.1) is 0 Å². The molecule has 2 aromatic carbocycles. The molecule has 5 heteroatoms. The zero-order valence-corrected chi connectivity index (χ0v) is 13.4. The first kappa shape index (κ1) is 15.4. The Morgan fingerprint density at radius 2 is 1.57 bits per heavy atom. The predicted molar refractivity (Wildman–Crippen MR) is 93.6 cm³/mol. The highest BCUT2D eigenvalue weighted by molar-refractivity contribution is 5.98. The van der Waals surface area contributed by atoms with Gasteiger partial charge in [-0.3, -0.25) is 4.79 Å². The average molecular weight is 310 g/mol. The first-order chi connectivity index (χ1) is 11.2. The Hall–Kier alpha value is -2.53. The van der Waals surface area contributed by atoms with Crippen molar-refractivity contribution in [2.45, 2.75) is 0 Å². The third-order valence-electron chi connectivity index (χ3n) is 4.32. The summed E-state index contributed by atoms with van der Waals surface area (Å²) in [4.78, 5) is 14.0. The van der Waals surface area contributed by atoms with Gasteiger partial charge in [0.1, 0.15) is 0 Å². The van der Waals surface area contributed by atoms with E-state index in [0.29, 0.717) is 5.56 Å². The van der Waals surface area contributed by atoms with E-state index >= 15 is 0 Å². The second-order valence-electron chi connectivity index (χ2n) is 5.68. The number of carbonyl (C=O) groups excluding carboxylic acids is 1. The van der Waals surface area contributed by atoms with Gasteiger partial charge >= 0.3 is 0 Å². The number of para-hydroxylation sites is 2. The van der Waals surface area contributed by atoms with Crippen molar-refractivity contribution in [3.8, 4) is 0 Å². The van der Waals surface area contributed by atoms with Crippen molar-refractivity contribution >= 4 is 17.3 Å². The van der Waals surface area contributed by atoms with Gasteiger partial charge < -0.3 is 15.6 Å². The van der Waals surface area contributed by atoms with Gasteiger partial charge in [0.25, 0.3) is 5.91 Å². The van der Waals surface area contributed by atoms with Crippen LogP contribution in [0.4, 0.5) is 11.4 Å². The number of hydrogen-bond donors (Lipinski definition) is 1. The van der Waals surface area contributed by atoms with Gasteiger partial charge in [-0.1, -0.05) is 30.3 Å². The summed E-state index contributed by atoms with van der Waals surface area (Å²) in [5, 5.41) is 4.30. The number of hydrazine groups is 1. The van der Waals surface area contributed by atoms with Crippen LogP contribution >= 0.6 is 0 Å². The summed E-state index contributed by atoms with van der Waals surface area (Å²) in [7, 11) is 1.99. The van der Waals surface area contributed by atoms with Crippen molar-refractivity contribution < 1.29 is 4.79 Å². The molecule has 1 heterocycles. The fourth-order valence-corrected chi connectivity index (χ4v) is 3.01. The molecule has 2 aromatic rings. The molecule has 1 aliphatic rings. The lowest BCUT2D eigenvalue weighted by molar-refractivity contribution is 0.1000. The number of nitrogens with two attached hydrogens (primary N) is 1. The van der Waals surface area contributed by atoms with E-state index < -0.39 is 5.91 Å². The van der Waals surface area contributed by atoms with Gasteiger partial charge in [0.05, 0.1) is 11.3 Å².